The highest BCUT2D eigenvalue weighted by atomic mass is 16.3. The summed E-state index contributed by atoms with van der Waals surface area (Å²) in [6.07, 6.45) is 10.0. The van der Waals surface area contributed by atoms with Gasteiger partial charge in [0.25, 0.3) is 0 Å². The summed E-state index contributed by atoms with van der Waals surface area (Å²) in [5, 5.41) is 9.90. The molecule has 0 saturated carbocycles. The highest BCUT2D eigenvalue weighted by molar-refractivity contribution is 4.81. The molecule has 4 heteroatoms. The van der Waals surface area contributed by atoms with E-state index < -0.39 is 5.60 Å². The second-order valence-electron chi connectivity index (χ2n) is 7.33. The molecule has 0 radical (unpaired) electrons. The number of piperidine rings is 2. The summed E-state index contributed by atoms with van der Waals surface area (Å²) in [6, 6.07) is 0.847. The molecule has 0 aromatic carbocycles. The molecule has 4 nitrogen and oxygen atoms in total. The van der Waals surface area contributed by atoms with Crippen molar-refractivity contribution < 1.29 is 5.11 Å². The molecule has 2 rings (SSSR count). The first-order valence-corrected chi connectivity index (χ1v) is 8.99. The number of hydrogen-bond acceptors (Lipinski definition) is 4. The van der Waals surface area contributed by atoms with E-state index in [1.54, 1.807) is 0 Å². The average Bonchev–Trinajstić information content (AvgIpc) is 2.53. The van der Waals surface area contributed by atoms with Crippen molar-refractivity contribution in [2.75, 3.05) is 39.3 Å². The Morgan fingerprint density at radius 1 is 1.05 bits per heavy atom. The fourth-order valence-corrected chi connectivity index (χ4v) is 3.73. The molecule has 21 heavy (non-hydrogen) atoms. The monoisotopic (exact) mass is 297 g/mol. The Bertz CT molecular complexity index is 282. The van der Waals surface area contributed by atoms with Crippen LogP contribution in [0.2, 0.25) is 0 Å². The van der Waals surface area contributed by atoms with Crippen LogP contribution >= 0.6 is 0 Å². The number of unbranched alkanes of at least 4 members (excludes halogenated alkanes) is 1. The number of rotatable bonds is 7. The van der Waals surface area contributed by atoms with Crippen LogP contribution in [0.15, 0.2) is 0 Å². The lowest BCUT2D eigenvalue weighted by Gasteiger charge is -2.40. The van der Waals surface area contributed by atoms with Crippen molar-refractivity contribution in [1.82, 2.24) is 9.80 Å². The molecular weight excluding hydrogens is 262 g/mol. The smallest absolute Gasteiger partial charge is 0.0741 e. The Hall–Kier alpha value is -0.160. The van der Waals surface area contributed by atoms with Crippen molar-refractivity contribution in [3.63, 3.8) is 0 Å². The Balaban J connectivity index is 1.56. The molecule has 3 N–H and O–H groups in total. The summed E-state index contributed by atoms with van der Waals surface area (Å²) in [5.41, 5.74) is 4.89. The van der Waals surface area contributed by atoms with Gasteiger partial charge in [0.05, 0.1) is 5.60 Å². The Morgan fingerprint density at radius 3 is 2.33 bits per heavy atom. The topological polar surface area (TPSA) is 52.7 Å². The highest BCUT2D eigenvalue weighted by Crippen LogP contribution is 2.21. The van der Waals surface area contributed by atoms with Gasteiger partial charge < -0.3 is 20.6 Å². The van der Waals surface area contributed by atoms with E-state index in [4.69, 9.17) is 5.73 Å². The number of nitrogens with zero attached hydrogens (tertiary/aromatic N) is 2. The van der Waals surface area contributed by atoms with E-state index in [-0.39, 0.29) is 0 Å². The van der Waals surface area contributed by atoms with Crippen LogP contribution in [0.5, 0.6) is 0 Å². The normalized spacial score (nSPS) is 25.9. The first kappa shape index (κ1) is 17.2. The molecule has 0 aromatic heterocycles. The van der Waals surface area contributed by atoms with Gasteiger partial charge in [-0.15, -0.1) is 0 Å². The summed E-state index contributed by atoms with van der Waals surface area (Å²) in [4.78, 5) is 5.34. The van der Waals surface area contributed by atoms with Gasteiger partial charge in [0.15, 0.2) is 0 Å². The van der Waals surface area contributed by atoms with Gasteiger partial charge in [-0.1, -0.05) is 6.42 Å². The van der Waals surface area contributed by atoms with Gasteiger partial charge in [0.2, 0.25) is 0 Å². The van der Waals surface area contributed by atoms with Gasteiger partial charge in [-0.2, -0.15) is 0 Å². The van der Waals surface area contributed by atoms with Gasteiger partial charge >= 0.3 is 0 Å². The molecule has 2 saturated heterocycles. The molecule has 1 unspecified atom stereocenters. The van der Waals surface area contributed by atoms with Crippen LogP contribution < -0.4 is 5.73 Å². The summed E-state index contributed by atoms with van der Waals surface area (Å²) in [5.74, 6) is 0. The predicted molar refractivity (Wildman–Crippen MR) is 88.4 cm³/mol. The van der Waals surface area contributed by atoms with Crippen LogP contribution in [0.3, 0.4) is 0 Å². The van der Waals surface area contributed by atoms with E-state index in [0.717, 1.165) is 18.9 Å². The van der Waals surface area contributed by atoms with Crippen molar-refractivity contribution in [2.45, 2.75) is 69.9 Å². The van der Waals surface area contributed by atoms with Gasteiger partial charge in [0.1, 0.15) is 0 Å². The number of nitrogens with two attached hydrogens (primary N) is 1. The van der Waals surface area contributed by atoms with Gasteiger partial charge in [-0.05, 0) is 84.6 Å². The van der Waals surface area contributed by atoms with Crippen molar-refractivity contribution in [2.24, 2.45) is 5.73 Å². The molecule has 2 heterocycles. The third-order valence-corrected chi connectivity index (χ3v) is 5.34. The molecule has 0 spiro atoms. The largest absolute Gasteiger partial charge is 0.389 e. The van der Waals surface area contributed by atoms with E-state index in [1.165, 1.54) is 71.2 Å². The minimum Gasteiger partial charge on any atom is -0.389 e. The summed E-state index contributed by atoms with van der Waals surface area (Å²) >= 11 is 0. The van der Waals surface area contributed by atoms with Gasteiger partial charge in [-0.25, -0.2) is 0 Å². The molecule has 2 aliphatic heterocycles. The molecule has 0 aromatic rings. The fraction of sp³-hybridized carbons (Fsp3) is 1.00. The van der Waals surface area contributed by atoms with E-state index in [2.05, 4.69) is 9.80 Å². The Labute approximate surface area is 130 Å². The zero-order valence-corrected chi connectivity index (χ0v) is 13.9. The maximum absolute atomic E-state index is 9.90. The van der Waals surface area contributed by atoms with E-state index >= 15 is 0 Å². The van der Waals surface area contributed by atoms with Crippen LogP contribution in [-0.2, 0) is 0 Å². The SMILES string of the molecule is CC(O)(CN)CCCCN1CCC(N2CCCCC2)CC1. The molecule has 0 bridgehead atoms. The van der Waals surface area contributed by atoms with Crippen molar-refractivity contribution >= 4 is 0 Å². The second kappa shape index (κ2) is 8.47. The fourth-order valence-electron chi connectivity index (χ4n) is 3.73. The molecule has 1 atom stereocenters. The third kappa shape index (κ3) is 5.85. The van der Waals surface area contributed by atoms with Crippen molar-refractivity contribution in [3.05, 3.63) is 0 Å². The van der Waals surface area contributed by atoms with E-state index in [0.29, 0.717) is 6.54 Å². The summed E-state index contributed by atoms with van der Waals surface area (Å²) in [6.45, 7) is 8.58. The van der Waals surface area contributed by atoms with Crippen LogP contribution in [0.1, 0.15) is 58.3 Å². The second-order valence-corrected chi connectivity index (χ2v) is 7.33. The van der Waals surface area contributed by atoms with Crippen molar-refractivity contribution in [3.8, 4) is 0 Å². The standard InChI is InChI=1S/C17H35N3O/c1-17(21,15-18)9-3-6-10-19-13-7-16(8-14-19)20-11-4-2-5-12-20/h16,21H,2-15,18H2,1H3. The van der Waals surface area contributed by atoms with Gasteiger partial charge in [0, 0.05) is 12.6 Å². The quantitative estimate of drug-likeness (QED) is 0.704. The lowest BCUT2D eigenvalue weighted by Crippen LogP contribution is -2.46. The third-order valence-electron chi connectivity index (χ3n) is 5.34. The predicted octanol–water partition coefficient (Wildman–Crippen LogP) is 1.82. The highest BCUT2D eigenvalue weighted by Gasteiger charge is 2.25. The Morgan fingerprint density at radius 2 is 1.71 bits per heavy atom. The zero-order chi connectivity index (χ0) is 15.1. The lowest BCUT2D eigenvalue weighted by molar-refractivity contribution is 0.0548. The molecule has 2 aliphatic rings. The lowest BCUT2D eigenvalue weighted by atomic mass is 9.98. The first-order valence-electron chi connectivity index (χ1n) is 8.99. The Kier molecular flexibility index (Phi) is 6.93. The maximum atomic E-state index is 9.90. The first-order chi connectivity index (χ1) is 10.1. The van der Waals surface area contributed by atoms with Crippen LogP contribution in [0.25, 0.3) is 0 Å². The average molecular weight is 297 g/mol. The zero-order valence-electron chi connectivity index (χ0n) is 13.9. The summed E-state index contributed by atoms with van der Waals surface area (Å²) < 4.78 is 0. The molecular formula is C17H35N3O. The molecule has 0 amide bonds. The van der Waals surface area contributed by atoms with E-state index in [9.17, 15) is 5.11 Å². The number of likely N-dealkylation sites (tertiary alicyclic amines) is 2. The maximum Gasteiger partial charge on any atom is 0.0741 e. The number of aliphatic hydroxyl groups is 1. The minimum absolute atomic E-state index is 0.369. The molecule has 2 fully saturated rings. The number of hydrogen-bond donors (Lipinski definition) is 2. The summed E-state index contributed by atoms with van der Waals surface area (Å²) in [7, 11) is 0. The van der Waals surface area contributed by atoms with E-state index in [1.807, 2.05) is 6.92 Å². The van der Waals surface area contributed by atoms with Crippen molar-refractivity contribution in [1.29, 1.82) is 0 Å². The molecule has 124 valence electrons. The van der Waals surface area contributed by atoms with Crippen LogP contribution in [-0.4, -0.2) is 65.8 Å². The van der Waals surface area contributed by atoms with Crippen LogP contribution in [0.4, 0.5) is 0 Å². The van der Waals surface area contributed by atoms with Crippen LogP contribution in [0, 0.1) is 0 Å². The minimum atomic E-state index is -0.665. The van der Waals surface area contributed by atoms with Gasteiger partial charge in [-0.3, -0.25) is 0 Å². The molecule has 0 aliphatic carbocycles.